The zero-order chi connectivity index (χ0) is 13.8. The highest BCUT2D eigenvalue weighted by Crippen LogP contribution is 2.32. The summed E-state index contributed by atoms with van der Waals surface area (Å²) < 4.78 is 6.87. The molecule has 2 rings (SSSR count). The Morgan fingerprint density at radius 3 is 2.68 bits per heavy atom. The summed E-state index contributed by atoms with van der Waals surface area (Å²) in [4.78, 5) is 11.2. The Morgan fingerprint density at radius 1 is 1.37 bits per heavy atom. The molecule has 0 atom stereocenters. The molecule has 8 heteroatoms. The summed E-state index contributed by atoms with van der Waals surface area (Å²) in [5.41, 5.74) is 2.18. The van der Waals surface area contributed by atoms with Crippen LogP contribution in [-0.4, -0.2) is 15.7 Å². The van der Waals surface area contributed by atoms with Crippen LogP contribution >= 0.6 is 23.2 Å². The van der Waals surface area contributed by atoms with Crippen molar-refractivity contribution in [3.05, 3.63) is 46.2 Å². The minimum Gasteiger partial charge on any atom is -0.468 e. The Labute approximate surface area is 119 Å². The van der Waals surface area contributed by atoms with Gasteiger partial charge in [-0.15, -0.1) is 0 Å². The van der Waals surface area contributed by atoms with Crippen LogP contribution in [0.2, 0.25) is 10.0 Å². The van der Waals surface area contributed by atoms with Gasteiger partial charge in [0.2, 0.25) is 0 Å². The van der Waals surface area contributed by atoms with E-state index in [1.165, 1.54) is 10.7 Å². The molecule has 0 saturated heterocycles. The lowest BCUT2D eigenvalue weighted by molar-refractivity contribution is 0.0946. The second-order valence-corrected chi connectivity index (χ2v) is 4.35. The topological polar surface area (TPSA) is 82.2 Å². The molecule has 0 radical (unpaired) electrons. The molecule has 1 aromatic heterocycles. The van der Waals surface area contributed by atoms with E-state index in [4.69, 9.17) is 33.8 Å². The van der Waals surface area contributed by atoms with Crippen molar-refractivity contribution in [1.29, 1.82) is 0 Å². The molecular formula is C11H10Cl2N4O2. The molecule has 0 spiro atoms. The molecule has 0 aliphatic carbocycles. The average molecular weight is 301 g/mol. The standard InChI is InChI=1S/C11H10Cl2N4O2/c12-7-2-1-3-8(13)10(7)19-6-17-5-4-9(16-17)11(18)15-14/h1-5H,6,14H2,(H,15,18). The number of aromatic nitrogens is 2. The summed E-state index contributed by atoms with van der Waals surface area (Å²) in [6, 6.07) is 6.56. The highest BCUT2D eigenvalue weighted by molar-refractivity contribution is 6.37. The highest BCUT2D eigenvalue weighted by Gasteiger charge is 2.09. The van der Waals surface area contributed by atoms with Gasteiger partial charge < -0.3 is 4.74 Å². The van der Waals surface area contributed by atoms with Gasteiger partial charge in [0, 0.05) is 6.20 Å². The summed E-state index contributed by atoms with van der Waals surface area (Å²) >= 11 is 11.9. The second kappa shape index (κ2) is 5.92. The normalized spacial score (nSPS) is 10.3. The number of nitrogens with two attached hydrogens (primary N) is 1. The highest BCUT2D eigenvalue weighted by atomic mass is 35.5. The van der Waals surface area contributed by atoms with Crippen molar-refractivity contribution < 1.29 is 9.53 Å². The van der Waals surface area contributed by atoms with E-state index in [0.29, 0.717) is 15.8 Å². The quantitative estimate of drug-likeness (QED) is 0.513. The molecule has 0 fully saturated rings. The molecule has 19 heavy (non-hydrogen) atoms. The SMILES string of the molecule is NNC(=O)c1ccn(COc2c(Cl)cccc2Cl)n1. The molecule has 0 bridgehead atoms. The van der Waals surface area contributed by atoms with Gasteiger partial charge in [-0.25, -0.2) is 10.5 Å². The number of para-hydroxylation sites is 1. The van der Waals surface area contributed by atoms with E-state index in [1.54, 1.807) is 24.4 Å². The fourth-order valence-electron chi connectivity index (χ4n) is 1.38. The van der Waals surface area contributed by atoms with E-state index in [2.05, 4.69) is 5.10 Å². The number of hydrogen-bond donors (Lipinski definition) is 2. The Kier molecular flexibility index (Phi) is 4.26. The fraction of sp³-hybridized carbons (Fsp3) is 0.0909. The Balaban J connectivity index is 2.07. The molecule has 6 nitrogen and oxygen atoms in total. The number of carbonyl (C=O) groups excluding carboxylic acids is 1. The van der Waals surface area contributed by atoms with E-state index >= 15 is 0 Å². The van der Waals surface area contributed by atoms with Crippen LogP contribution in [0.5, 0.6) is 5.75 Å². The third kappa shape index (κ3) is 3.17. The van der Waals surface area contributed by atoms with E-state index in [1.807, 2.05) is 5.43 Å². The van der Waals surface area contributed by atoms with Gasteiger partial charge in [0.25, 0.3) is 5.91 Å². The van der Waals surface area contributed by atoms with Crippen molar-refractivity contribution in [2.45, 2.75) is 6.73 Å². The minimum atomic E-state index is -0.477. The van der Waals surface area contributed by atoms with Crippen LogP contribution in [0.4, 0.5) is 0 Å². The van der Waals surface area contributed by atoms with E-state index < -0.39 is 5.91 Å². The smallest absolute Gasteiger partial charge is 0.285 e. The van der Waals surface area contributed by atoms with Crippen molar-refractivity contribution in [2.24, 2.45) is 5.84 Å². The first-order valence-electron chi connectivity index (χ1n) is 5.23. The maximum absolute atomic E-state index is 11.2. The van der Waals surface area contributed by atoms with Crippen molar-refractivity contribution >= 4 is 29.1 Å². The molecule has 100 valence electrons. The van der Waals surface area contributed by atoms with Crippen molar-refractivity contribution in [3.63, 3.8) is 0 Å². The summed E-state index contributed by atoms with van der Waals surface area (Å²) in [5.74, 6) is 4.89. The Hall–Kier alpha value is -1.76. The van der Waals surface area contributed by atoms with E-state index in [0.717, 1.165) is 0 Å². The van der Waals surface area contributed by atoms with Crippen molar-refractivity contribution in [3.8, 4) is 5.75 Å². The fourth-order valence-corrected chi connectivity index (χ4v) is 1.89. The molecule has 3 N–H and O–H groups in total. The number of nitrogens with one attached hydrogen (secondary N) is 1. The predicted octanol–water partition coefficient (Wildman–Crippen LogP) is 1.83. The number of rotatable bonds is 4. The van der Waals surface area contributed by atoms with Crippen LogP contribution in [0.3, 0.4) is 0 Å². The number of benzene rings is 1. The number of carbonyl (C=O) groups is 1. The predicted molar refractivity (Wildman–Crippen MR) is 71.0 cm³/mol. The minimum absolute atomic E-state index is 0.0707. The molecule has 1 amide bonds. The number of hydrogen-bond acceptors (Lipinski definition) is 4. The number of nitrogens with zero attached hydrogens (tertiary/aromatic N) is 2. The summed E-state index contributed by atoms with van der Waals surface area (Å²) in [5, 5.41) is 4.77. The zero-order valence-corrected chi connectivity index (χ0v) is 11.1. The van der Waals surface area contributed by atoms with Crippen LogP contribution in [0.1, 0.15) is 10.5 Å². The lowest BCUT2D eigenvalue weighted by Gasteiger charge is -2.09. The van der Waals surface area contributed by atoms with Crippen LogP contribution < -0.4 is 16.0 Å². The summed E-state index contributed by atoms with van der Waals surface area (Å²) in [7, 11) is 0. The Morgan fingerprint density at radius 2 is 2.05 bits per heavy atom. The lowest BCUT2D eigenvalue weighted by atomic mass is 10.3. The Bertz CT molecular complexity index is 580. The first kappa shape index (κ1) is 13.7. The molecule has 1 aromatic carbocycles. The number of nitrogen functional groups attached to an aromatic ring is 1. The number of amides is 1. The van der Waals surface area contributed by atoms with Gasteiger partial charge in [0.15, 0.2) is 18.2 Å². The zero-order valence-electron chi connectivity index (χ0n) is 9.64. The first-order chi connectivity index (χ1) is 9.11. The molecule has 0 aliphatic rings. The molecule has 2 aromatic rings. The van der Waals surface area contributed by atoms with Gasteiger partial charge >= 0.3 is 0 Å². The second-order valence-electron chi connectivity index (χ2n) is 3.54. The van der Waals surface area contributed by atoms with Gasteiger partial charge in [-0.05, 0) is 18.2 Å². The third-order valence-corrected chi connectivity index (χ3v) is 2.86. The van der Waals surface area contributed by atoms with Crippen LogP contribution in [0, 0.1) is 0 Å². The molecule has 0 saturated carbocycles. The van der Waals surface area contributed by atoms with Gasteiger partial charge in [-0.2, -0.15) is 5.10 Å². The van der Waals surface area contributed by atoms with E-state index in [-0.39, 0.29) is 12.4 Å². The molecular weight excluding hydrogens is 291 g/mol. The van der Waals surface area contributed by atoms with Crippen LogP contribution in [0.15, 0.2) is 30.5 Å². The van der Waals surface area contributed by atoms with Crippen LogP contribution in [0.25, 0.3) is 0 Å². The first-order valence-corrected chi connectivity index (χ1v) is 5.98. The molecule has 0 aliphatic heterocycles. The van der Waals surface area contributed by atoms with E-state index in [9.17, 15) is 4.79 Å². The third-order valence-electron chi connectivity index (χ3n) is 2.26. The van der Waals surface area contributed by atoms with Gasteiger partial charge in [0.05, 0.1) is 10.0 Å². The number of halogens is 2. The molecule has 0 unspecified atom stereocenters. The number of hydrazine groups is 1. The maximum Gasteiger partial charge on any atom is 0.285 e. The van der Waals surface area contributed by atoms with Crippen molar-refractivity contribution in [2.75, 3.05) is 0 Å². The molecule has 1 heterocycles. The largest absolute Gasteiger partial charge is 0.468 e. The summed E-state index contributed by atoms with van der Waals surface area (Å²) in [6.07, 6.45) is 1.58. The average Bonchev–Trinajstić information content (AvgIpc) is 2.86. The van der Waals surface area contributed by atoms with Crippen LogP contribution in [-0.2, 0) is 6.73 Å². The monoisotopic (exact) mass is 300 g/mol. The van der Waals surface area contributed by atoms with Gasteiger partial charge in [-0.1, -0.05) is 29.3 Å². The number of ether oxygens (including phenoxy) is 1. The lowest BCUT2D eigenvalue weighted by Crippen LogP contribution is -2.30. The van der Waals surface area contributed by atoms with Gasteiger partial charge in [0.1, 0.15) is 0 Å². The summed E-state index contributed by atoms with van der Waals surface area (Å²) in [6.45, 7) is 0.0707. The maximum atomic E-state index is 11.2. The van der Waals surface area contributed by atoms with Crippen molar-refractivity contribution in [1.82, 2.24) is 15.2 Å². The van der Waals surface area contributed by atoms with Gasteiger partial charge in [-0.3, -0.25) is 10.2 Å².